The van der Waals surface area contributed by atoms with E-state index in [4.69, 9.17) is 0 Å². The molecular formula is C17H22FN3O3. The van der Waals surface area contributed by atoms with Crippen molar-refractivity contribution in [3.63, 3.8) is 0 Å². The van der Waals surface area contributed by atoms with Gasteiger partial charge in [-0.15, -0.1) is 0 Å². The molecule has 24 heavy (non-hydrogen) atoms. The van der Waals surface area contributed by atoms with Crippen molar-refractivity contribution in [3.05, 3.63) is 30.1 Å². The van der Waals surface area contributed by atoms with E-state index in [9.17, 15) is 19.1 Å². The second kappa shape index (κ2) is 7.17. The number of carboxylic acid groups (broad SMARTS) is 1. The number of likely N-dealkylation sites (tertiary alicyclic amines) is 1. The minimum atomic E-state index is -0.846. The van der Waals surface area contributed by atoms with Crippen LogP contribution in [-0.4, -0.2) is 72.1 Å². The fraction of sp³-hybridized carbons (Fsp3) is 0.529. The van der Waals surface area contributed by atoms with E-state index in [1.807, 2.05) is 0 Å². The molecule has 0 radical (unpaired) electrons. The molecule has 0 unspecified atom stereocenters. The van der Waals surface area contributed by atoms with Crippen LogP contribution in [0, 0.1) is 5.82 Å². The molecule has 1 N–H and O–H groups in total. The molecule has 1 aromatic carbocycles. The molecule has 2 fully saturated rings. The molecule has 7 heteroatoms. The number of rotatable bonds is 4. The highest BCUT2D eigenvalue weighted by atomic mass is 19.1. The molecule has 130 valence electrons. The highest BCUT2D eigenvalue weighted by molar-refractivity contribution is 5.80. The van der Waals surface area contributed by atoms with Gasteiger partial charge in [-0.3, -0.25) is 14.5 Å². The minimum absolute atomic E-state index is 0.0121. The van der Waals surface area contributed by atoms with Crippen molar-refractivity contribution in [2.24, 2.45) is 0 Å². The molecule has 0 aliphatic carbocycles. The highest BCUT2D eigenvalue weighted by Gasteiger charge is 2.33. The number of aliphatic carboxylic acids is 1. The standard InChI is InChI=1S/C17H22FN3O3/c18-13-3-5-14(6-4-13)19-8-10-20(11-9-19)16(22)12-21-7-1-2-15(21)17(23)24/h3-6,15H,1-2,7-12H2,(H,23,24)/t15-/m0/s1. The molecule has 1 amide bonds. The lowest BCUT2D eigenvalue weighted by atomic mass is 10.2. The molecule has 3 rings (SSSR count). The monoisotopic (exact) mass is 335 g/mol. The van der Waals surface area contributed by atoms with Gasteiger partial charge in [0.2, 0.25) is 5.91 Å². The number of piperazine rings is 1. The number of halogens is 1. The zero-order valence-corrected chi connectivity index (χ0v) is 13.5. The number of nitrogens with zero attached hydrogens (tertiary/aromatic N) is 3. The predicted octanol–water partition coefficient (Wildman–Crippen LogP) is 1.02. The summed E-state index contributed by atoms with van der Waals surface area (Å²) in [6, 6.07) is 5.83. The van der Waals surface area contributed by atoms with Crippen LogP contribution in [0.3, 0.4) is 0 Å². The minimum Gasteiger partial charge on any atom is -0.480 e. The summed E-state index contributed by atoms with van der Waals surface area (Å²) < 4.78 is 13.0. The summed E-state index contributed by atoms with van der Waals surface area (Å²) in [6.45, 7) is 3.43. The van der Waals surface area contributed by atoms with E-state index in [0.717, 1.165) is 12.1 Å². The van der Waals surface area contributed by atoms with Crippen LogP contribution in [0.4, 0.5) is 10.1 Å². The third kappa shape index (κ3) is 3.67. The first-order chi connectivity index (χ1) is 11.5. The van der Waals surface area contributed by atoms with E-state index in [1.54, 1.807) is 21.9 Å². The second-order valence-electron chi connectivity index (χ2n) is 6.31. The number of carboxylic acids is 1. The Morgan fingerprint density at radius 3 is 2.38 bits per heavy atom. The van der Waals surface area contributed by atoms with E-state index in [0.29, 0.717) is 39.1 Å². The van der Waals surface area contributed by atoms with Crippen LogP contribution in [-0.2, 0) is 9.59 Å². The quantitative estimate of drug-likeness (QED) is 0.890. The third-order valence-corrected chi connectivity index (χ3v) is 4.81. The average Bonchev–Trinajstić information content (AvgIpc) is 3.04. The van der Waals surface area contributed by atoms with Crippen molar-refractivity contribution in [1.29, 1.82) is 0 Å². The van der Waals surface area contributed by atoms with E-state index < -0.39 is 12.0 Å². The number of hydrogen-bond acceptors (Lipinski definition) is 4. The van der Waals surface area contributed by atoms with Crippen molar-refractivity contribution in [1.82, 2.24) is 9.80 Å². The molecule has 0 spiro atoms. The van der Waals surface area contributed by atoms with Crippen LogP contribution in [0.1, 0.15) is 12.8 Å². The number of carbonyl (C=O) groups excluding carboxylic acids is 1. The lowest BCUT2D eigenvalue weighted by Gasteiger charge is -2.37. The Morgan fingerprint density at radius 1 is 1.08 bits per heavy atom. The van der Waals surface area contributed by atoms with E-state index in [-0.39, 0.29) is 18.3 Å². The molecular weight excluding hydrogens is 313 g/mol. The van der Waals surface area contributed by atoms with E-state index >= 15 is 0 Å². The summed E-state index contributed by atoms with van der Waals surface area (Å²) in [4.78, 5) is 29.3. The van der Waals surface area contributed by atoms with Crippen LogP contribution in [0.25, 0.3) is 0 Å². The van der Waals surface area contributed by atoms with Crippen molar-refractivity contribution < 1.29 is 19.1 Å². The average molecular weight is 335 g/mol. The van der Waals surface area contributed by atoms with E-state index in [2.05, 4.69) is 4.90 Å². The molecule has 2 aliphatic rings. The zero-order chi connectivity index (χ0) is 17.1. The molecule has 2 aliphatic heterocycles. The summed E-state index contributed by atoms with van der Waals surface area (Å²) in [6.07, 6.45) is 1.43. The third-order valence-electron chi connectivity index (χ3n) is 4.81. The first-order valence-corrected chi connectivity index (χ1v) is 8.30. The topological polar surface area (TPSA) is 64.1 Å². The van der Waals surface area contributed by atoms with Gasteiger partial charge >= 0.3 is 5.97 Å². The lowest BCUT2D eigenvalue weighted by molar-refractivity contribution is -0.143. The van der Waals surface area contributed by atoms with Crippen LogP contribution in [0.5, 0.6) is 0 Å². The van der Waals surface area contributed by atoms with Gasteiger partial charge in [0.15, 0.2) is 0 Å². The maximum Gasteiger partial charge on any atom is 0.320 e. The first-order valence-electron chi connectivity index (χ1n) is 8.30. The van der Waals surface area contributed by atoms with Crippen molar-refractivity contribution >= 4 is 17.6 Å². The Hall–Kier alpha value is -2.15. The molecule has 1 aromatic rings. The number of benzene rings is 1. The van der Waals surface area contributed by atoms with Gasteiger partial charge in [0.25, 0.3) is 0 Å². The van der Waals surface area contributed by atoms with Gasteiger partial charge in [0, 0.05) is 31.9 Å². The van der Waals surface area contributed by atoms with Gasteiger partial charge in [-0.05, 0) is 43.7 Å². The van der Waals surface area contributed by atoms with Crippen LogP contribution in [0.15, 0.2) is 24.3 Å². The van der Waals surface area contributed by atoms with Gasteiger partial charge in [-0.25, -0.2) is 4.39 Å². The number of hydrogen-bond donors (Lipinski definition) is 1. The smallest absolute Gasteiger partial charge is 0.320 e. The predicted molar refractivity (Wildman–Crippen MR) is 87.4 cm³/mol. The SMILES string of the molecule is O=C(O)[C@@H]1CCCN1CC(=O)N1CCN(c2ccc(F)cc2)CC1. The Kier molecular flexibility index (Phi) is 4.99. The van der Waals surface area contributed by atoms with Crippen molar-refractivity contribution in [2.45, 2.75) is 18.9 Å². The largest absolute Gasteiger partial charge is 0.480 e. The number of carbonyl (C=O) groups is 2. The zero-order valence-electron chi connectivity index (χ0n) is 13.5. The fourth-order valence-corrected chi connectivity index (χ4v) is 3.43. The first kappa shape index (κ1) is 16.7. The second-order valence-corrected chi connectivity index (χ2v) is 6.31. The van der Waals surface area contributed by atoms with Gasteiger partial charge in [0.05, 0.1) is 6.54 Å². The number of amides is 1. The summed E-state index contributed by atoms with van der Waals surface area (Å²) >= 11 is 0. The summed E-state index contributed by atoms with van der Waals surface area (Å²) in [5.41, 5.74) is 0.953. The number of anilines is 1. The van der Waals surface area contributed by atoms with Crippen molar-refractivity contribution in [3.8, 4) is 0 Å². The molecule has 1 atom stereocenters. The Bertz CT molecular complexity index is 600. The fourth-order valence-electron chi connectivity index (χ4n) is 3.43. The maximum absolute atomic E-state index is 13.0. The van der Waals surface area contributed by atoms with Crippen molar-refractivity contribution in [2.75, 3.05) is 44.2 Å². The Balaban J connectivity index is 1.52. The van der Waals surface area contributed by atoms with E-state index in [1.165, 1.54) is 12.1 Å². The molecule has 2 heterocycles. The highest BCUT2D eigenvalue weighted by Crippen LogP contribution is 2.19. The summed E-state index contributed by atoms with van der Waals surface area (Å²) in [5.74, 6) is -1.12. The molecule has 2 saturated heterocycles. The van der Waals surface area contributed by atoms with Gasteiger partial charge in [0.1, 0.15) is 11.9 Å². The Labute approximate surface area is 140 Å². The molecule has 0 bridgehead atoms. The molecule has 0 aromatic heterocycles. The summed E-state index contributed by atoms with van der Waals surface area (Å²) in [7, 11) is 0. The lowest BCUT2D eigenvalue weighted by Crippen LogP contribution is -2.52. The molecule has 0 saturated carbocycles. The molecule has 6 nitrogen and oxygen atoms in total. The van der Waals surface area contributed by atoms with Crippen LogP contribution < -0.4 is 4.90 Å². The van der Waals surface area contributed by atoms with Gasteiger partial charge in [-0.2, -0.15) is 0 Å². The van der Waals surface area contributed by atoms with Gasteiger partial charge < -0.3 is 14.9 Å². The van der Waals surface area contributed by atoms with Crippen LogP contribution >= 0.6 is 0 Å². The Morgan fingerprint density at radius 2 is 1.75 bits per heavy atom. The summed E-state index contributed by atoms with van der Waals surface area (Å²) in [5, 5.41) is 9.19. The normalized spacial score (nSPS) is 22.0. The van der Waals surface area contributed by atoms with Gasteiger partial charge in [-0.1, -0.05) is 0 Å². The van der Waals surface area contributed by atoms with Crippen LogP contribution in [0.2, 0.25) is 0 Å². The maximum atomic E-state index is 13.0.